The molecular weight excluding hydrogens is 154 g/mol. The Morgan fingerprint density at radius 2 is 2.17 bits per heavy atom. The summed E-state index contributed by atoms with van der Waals surface area (Å²) in [6.45, 7) is 1.79. The first-order valence-electron chi connectivity index (χ1n) is 3.81. The Hall–Kier alpha value is -1.06. The van der Waals surface area contributed by atoms with Gasteiger partial charge in [-0.05, 0) is 30.2 Å². The van der Waals surface area contributed by atoms with Gasteiger partial charge in [-0.25, -0.2) is 0 Å². The van der Waals surface area contributed by atoms with Crippen molar-refractivity contribution in [3.63, 3.8) is 0 Å². The molecule has 0 spiro atoms. The second kappa shape index (κ2) is 3.56. The van der Waals surface area contributed by atoms with Crippen molar-refractivity contribution in [2.45, 2.75) is 13.0 Å². The summed E-state index contributed by atoms with van der Waals surface area (Å²) in [5.74, 6) is 0.180. The second-order valence-corrected chi connectivity index (χ2v) is 2.83. The minimum Gasteiger partial charge on any atom is -0.508 e. The molecule has 0 bridgehead atoms. The van der Waals surface area contributed by atoms with Crippen LogP contribution in [0.3, 0.4) is 0 Å². The molecule has 1 aromatic rings. The summed E-state index contributed by atoms with van der Waals surface area (Å²) in [6, 6.07) is 4.55. The van der Waals surface area contributed by atoms with Crippen LogP contribution in [-0.4, -0.2) is 16.8 Å². The van der Waals surface area contributed by atoms with Gasteiger partial charge in [0.25, 0.3) is 0 Å². The molecule has 3 nitrogen and oxygen atoms in total. The Labute approximate surface area is 71.5 Å². The van der Waals surface area contributed by atoms with Crippen molar-refractivity contribution in [1.82, 2.24) is 0 Å². The van der Waals surface area contributed by atoms with E-state index in [-0.39, 0.29) is 12.4 Å². The topological polar surface area (TPSA) is 66.5 Å². The van der Waals surface area contributed by atoms with Crippen molar-refractivity contribution in [2.75, 3.05) is 6.61 Å². The van der Waals surface area contributed by atoms with Crippen molar-refractivity contribution in [2.24, 2.45) is 5.73 Å². The summed E-state index contributed by atoms with van der Waals surface area (Å²) < 4.78 is 0. The molecule has 0 aliphatic heterocycles. The molecule has 0 fully saturated rings. The molecule has 1 aromatic carbocycles. The van der Waals surface area contributed by atoms with Crippen molar-refractivity contribution in [3.8, 4) is 5.75 Å². The van der Waals surface area contributed by atoms with E-state index in [0.29, 0.717) is 0 Å². The van der Waals surface area contributed by atoms with E-state index < -0.39 is 6.04 Å². The summed E-state index contributed by atoms with van der Waals surface area (Å²) in [5, 5.41) is 17.9. The zero-order valence-electron chi connectivity index (χ0n) is 6.99. The van der Waals surface area contributed by atoms with E-state index in [1.807, 2.05) is 6.92 Å². The predicted molar refractivity (Wildman–Crippen MR) is 46.9 cm³/mol. The van der Waals surface area contributed by atoms with E-state index in [9.17, 15) is 0 Å². The van der Waals surface area contributed by atoms with Gasteiger partial charge >= 0.3 is 0 Å². The number of aliphatic hydroxyl groups excluding tert-OH is 1. The molecule has 0 unspecified atom stereocenters. The number of phenols is 1. The number of nitrogens with two attached hydrogens (primary N) is 1. The lowest BCUT2D eigenvalue weighted by atomic mass is 10.0. The Bertz CT molecular complexity index is 273. The fraction of sp³-hybridized carbons (Fsp3) is 0.333. The van der Waals surface area contributed by atoms with Gasteiger partial charge in [0.1, 0.15) is 5.75 Å². The number of rotatable bonds is 2. The molecule has 66 valence electrons. The van der Waals surface area contributed by atoms with Crippen LogP contribution in [0.25, 0.3) is 0 Å². The first-order chi connectivity index (χ1) is 5.65. The number of benzene rings is 1. The molecule has 0 saturated heterocycles. The third-order valence-corrected chi connectivity index (χ3v) is 1.86. The van der Waals surface area contributed by atoms with Gasteiger partial charge < -0.3 is 15.9 Å². The van der Waals surface area contributed by atoms with E-state index in [1.165, 1.54) is 0 Å². The predicted octanol–water partition coefficient (Wildman–Crippen LogP) is 0.693. The molecule has 0 aliphatic rings. The zero-order chi connectivity index (χ0) is 9.14. The van der Waals surface area contributed by atoms with E-state index in [0.717, 1.165) is 11.1 Å². The van der Waals surface area contributed by atoms with Crippen molar-refractivity contribution in [3.05, 3.63) is 29.3 Å². The van der Waals surface area contributed by atoms with Gasteiger partial charge in [0.2, 0.25) is 0 Å². The molecule has 0 aromatic heterocycles. The summed E-state index contributed by atoms with van der Waals surface area (Å²) >= 11 is 0. The number of aliphatic hydroxyl groups is 1. The number of aryl methyl sites for hydroxylation is 1. The van der Waals surface area contributed by atoms with Crippen LogP contribution < -0.4 is 5.73 Å². The van der Waals surface area contributed by atoms with Gasteiger partial charge in [-0.3, -0.25) is 0 Å². The molecule has 0 amide bonds. The first-order valence-corrected chi connectivity index (χ1v) is 3.81. The van der Waals surface area contributed by atoms with Gasteiger partial charge in [0.05, 0.1) is 12.6 Å². The molecule has 3 heteroatoms. The zero-order valence-corrected chi connectivity index (χ0v) is 6.99. The van der Waals surface area contributed by atoms with Crippen molar-refractivity contribution in [1.29, 1.82) is 0 Å². The Kier molecular flexibility index (Phi) is 2.68. The smallest absolute Gasteiger partial charge is 0.115 e. The van der Waals surface area contributed by atoms with E-state index >= 15 is 0 Å². The molecule has 4 N–H and O–H groups in total. The molecule has 0 saturated carbocycles. The molecule has 0 aliphatic carbocycles. The van der Waals surface area contributed by atoms with Gasteiger partial charge in [-0.1, -0.05) is 6.07 Å². The number of hydrogen-bond acceptors (Lipinski definition) is 3. The van der Waals surface area contributed by atoms with Crippen LogP contribution in [0.5, 0.6) is 5.75 Å². The van der Waals surface area contributed by atoms with Crippen LogP contribution >= 0.6 is 0 Å². The fourth-order valence-corrected chi connectivity index (χ4v) is 1.13. The molecule has 1 atom stereocenters. The molecule has 1 rings (SSSR count). The summed E-state index contributed by atoms with van der Waals surface area (Å²) in [6.07, 6.45) is 0. The fourth-order valence-electron chi connectivity index (χ4n) is 1.13. The highest BCUT2D eigenvalue weighted by molar-refractivity contribution is 5.35. The van der Waals surface area contributed by atoms with Crippen LogP contribution in [0.1, 0.15) is 17.2 Å². The van der Waals surface area contributed by atoms with Gasteiger partial charge in [-0.2, -0.15) is 0 Å². The lowest BCUT2D eigenvalue weighted by Crippen LogP contribution is -2.15. The lowest BCUT2D eigenvalue weighted by Gasteiger charge is -2.11. The highest BCUT2D eigenvalue weighted by Gasteiger charge is 2.07. The number of aromatic hydroxyl groups is 1. The van der Waals surface area contributed by atoms with Crippen LogP contribution in [0.15, 0.2) is 18.2 Å². The third-order valence-electron chi connectivity index (χ3n) is 1.86. The lowest BCUT2D eigenvalue weighted by molar-refractivity contribution is 0.267. The highest BCUT2D eigenvalue weighted by Crippen LogP contribution is 2.20. The van der Waals surface area contributed by atoms with E-state index in [4.69, 9.17) is 15.9 Å². The molecule has 12 heavy (non-hydrogen) atoms. The van der Waals surface area contributed by atoms with Crippen LogP contribution in [-0.2, 0) is 0 Å². The largest absolute Gasteiger partial charge is 0.508 e. The minimum absolute atomic E-state index is 0.107. The third kappa shape index (κ3) is 1.75. The quantitative estimate of drug-likeness (QED) is 0.607. The summed E-state index contributed by atoms with van der Waals surface area (Å²) in [7, 11) is 0. The van der Waals surface area contributed by atoms with Gasteiger partial charge in [0.15, 0.2) is 0 Å². The van der Waals surface area contributed by atoms with Gasteiger partial charge in [0, 0.05) is 0 Å². The Morgan fingerprint density at radius 1 is 1.50 bits per heavy atom. The molecular formula is C9H13NO2. The number of phenolic OH excluding ortho intramolecular Hbond substituents is 1. The van der Waals surface area contributed by atoms with E-state index in [1.54, 1.807) is 18.2 Å². The first kappa shape index (κ1) is 9.03. The van der Waals surface area contributed by atoms with Crippen LogP contribution in [0, 0.1) is 6.92 Å². The minimum atomic E-state index is -0.405. The maximum Gasteiger partial charge on any atom is 0.115 e. The average Bonchev–Trinajstić information content (AvgIpc) is 2.08. The highest BCUT2D eigenvalue weighted by atomic mass is 16.3. The Balaban J connectivity index is 3.04. The maximum atomic E-state index is 9.14. The second-order valence-electron chi connectivity index (χ2n) is 2.83. The van der Waals surface area contributed by atoms with Crippen molar-refractivity contribution < 1.29 is 10.2 Å². The van der Waals surface area contributed by atoms with Gasteiger partial charge in [-0.15, -0.1) is 0 Å². The van der Waals surface area contributed by atoms with Crippen molar-refractivity contribution >= 4 is 0 Å². The summed E-state index contributed by atoms with van der Waals surface area (Å²) in [5.41, 5.74) is 7.37. The maximum absolute atomic E-state index is 9.14. The molecule has 0 radical (unpaired) electrons. The standard InChI is InChI=1S/C9H13NO2/c1-6-2-3-7(12)4-8(6)9(10)5-11/h2-4,9,11-12H,5,10H2,1H3/t9-/m1/s1. The summed E-state index contributed by atoms with van der Waals surface area (Å²) in [4.78, 5) is 0. The number of hydrogen-bond donors (Lipinski definition) is 3. The van der Waals surface area contributed by atoms with Crippen LogP contribution in [0.2, 0.25) is 0 Å². The van der Waals surface area contributed by atoms with E-state index in [2.05, 4.69) is 0 Å². The molecule has 0 heterocycles. The average molecular weight is 167 g/mol. The Morgan fingerprint density at radius 3 is 2.75 bits per heavy atom. The SMILES string of the molecule is Cc1ccc(O)cc1[C@H](N)CO. The normalized spacial score (nSPS) is 12.9. The monoisotopic (exact) mass is 167 g/mol. The van der Waals surface area contributed by atoms with Crippen LogP contribution in [0.4, 0.5) is 0 Å².